The Hall–Kier alpha value is -1.29. The number of nitrogen functional groups attached to an aromatic ring is 1. The summed E-state index contributed by atoms with van der Waals surface area (Å²) in [5.74, 6) is 0.645. The number of aliphatic hydroxyl groups is 1. The number of nitrogens with two attached hydrogens (primary N) is 1. The maximum Gasteiger partial charge on any atom is 0.0736 e. The number of hydrogen-bond donors (Lipinski definition) is 3. The fourth-order valence-corrected chi connectivity index (χ4v) is 2.76. The number of rotatable bonds is 3. The molecule has 0 radical (unpaired) electrons. The first-order valence-corrected chi connectivity index (χ1v) is 6.24. The lowest BCUT2D eigenvalue weighted by Gasteiger charge is -2.40. The molecule has 2 atom stereocenters. The third-order valence-corrected chi connectivity index (χ3v) is 3.65. The predicted molar refractivity (Wildman–Crippen MR) is 69.7 cm³/mol. The number of hydrogen-bond acceptors (Lipinski definition) is 4. The van der Waals surface area contributed by atoms with Crippen molar-refractivity contribution in [1.29, 1.82) is 0 Å². The summed E-state index contributed by atoms with van der Waals surface area (Å²) in [6.45, 7) is 2.39. The first-order valence-electron chi connectivity index (χ1n) is 6.24. The van der Waals surface area contributed by atoms with Gasteiger partial charge in [0.25, 0.3) is 0 Å². The van der Waals surface area contributed by atoms with E-state index in [0.29, 0.717) is 11.6 Å². The van der Waals surface area contributed by atoms with E-state index >= 15 is 0 Å². The molecule has 1 aromatic rings. The van der Waals surface area contributed by atoms with Crippen molar-refractivity contribution in [3.63, 3.8) is 0 Å². The van der Waals surface area contributed by atoms with Crippen molar-refractivity contribution in [2.75, 3.05) is 17.7 Å². The average molecular weight is 235 g/mol. The Kier molecular flexibility index (Phi) is 3.52. The molecule has 1 aliphatic rings. The Labute approximate surface area is 102 Å². The van der Waals surface area contributed by atoms with E-state index in [9.17, 15) is 5.11 Å². The minimum absolute atomic E-state index is 0.152. The van der Waals surface area contributed by atoms with E-state index in [0.717, 1.165) is 24.9 Å². The molecule has 0 spiro atoms. The van der Waals surface area contributed by atoms with Crippen molar-refractivity contribution in [3.05, 3.63) is 18.5 Å². The van der Waals surface area contributed by atoms with Crippen molar-refractivity contribution in [2.24, 2.45) is 5.92 Å². The molecule has 0 amide bonds. The van der Waals surface area contributed by atoms with Crippen LogP contribution in [0.4, 0.5) is 11.4 Å². The van der Waals surface area contributed by atoms with Gasteiger partial charge < -0.3 is 16.2 Å². The van der Waals surface area contributed by atoms with Crippen molar-refractivity contribution < 1.29 is 5.11 Å². The summed E-state index contributed by atoms with van der Waals surface area (Å²) in [6.07, 6.45) is 7.74. The van der Waals surface area contributed by atoms with Crippen LogP contribution in [0.5, 0.6) is 0 Å². The Morgan fingerprint density at radius 2 is 2.47 bits per heavy atom. The van der Waals surface area contributed by atoms with Crippen LogP contribution in [0.1, 0.15) is 32.6 Å². The quantitative estimate of drug-likeness (QED) is 0.749. The first kappa shape index (κ1) is 12.2. The van der Waals surface area contributed by atoms with Crippen molar-refractivity contribution in [1.82, 2.24) is 4.98 Å². The molecule has 94 valence electrons. The molecule has 2 unspecified atom stereocenters. The van der Waals surface area contributed by atoms with Gasteiger partial charge >= 0.3 is 0 Å². The number of aliphatic hydroxyl groups excluding tert-OH is 1. The molecule has 4 nitrogen and oxygen atoms in total. The van der Waals surface area contributed by atoms with Gasteiger partial charge in [-0.25, -0.2) is 0 Å². The Balaban J connectivity index is 2.17. The van der Waals surface area contributed by atoms with Crippen LogP contribution < -0.4 is 11.1 Å². The van der Waals surface area contributed by atoms with Gasteiger partial charge in [0.1, 0.15) is 0 Å². The molecule has 1 fully saturated rings. The Morgan fingerprint density at radius 3 is 3.12 bits per heavy atom. The third-order valence-electron chi connectivity index (χ3n) is 3.65. The van der Waals surface area contributed by atoms with Crippen LogP contribution in [0, 0.1) is 5.92 Å². The zero-order chi connectivity index (χ0) is 12.3. The predicted octanol–water partition coefficient (Wildman–Crippen LogP) is 2.02. The highest BCUT2D eigenvalue weighted by atomic mass is 16.3. The minimum Gasteiger partial charge on any atom is -0.396 e. The summed E-state index contributed by atoms with van der Waals surface area (Å²) in [5.41, 5.74) is 7.18. The number of aromatic nitrogens is 1. The molecule has 17 heavy (non-hydrogen) atoms. The van der Waals surface area contributed by atoms with Crippen LogP contribution in [0.15, 0.2) is 18.5 Å². The highest BCUT2D eigenvalue weighted by molar-refractivity contribution is 5.65. The molecular formula is C13H21N3O. The molecule has 0 saturated heterocycles. The van der Waals surface area contributed by atoms with Crippen LogP contribution in [-0.4, -0.2) is 22.2 Å². The maximum atomic E-state index is 9.69. The molecule has 0 aromatic carbocycles. The standard InChI is InChI=1S/C13H21N3O/c1-10-3-2-5-13(7-10,9-17)16-12-4-6-15-8-11(12)14/h4,6,8,10,17H,2-3,5,7,9,14H2,1H3,(H,15,16). The Bertz CT molecular complexity index is 383. The van der Waals surface area contributed by atoms with Crippen molar-refractivity contribution in [2.45, 2.75) is 38.1 Å². The van der Waals surface area contributed by atoms with Gasteiger partial charge in [-0.2, -0.15) is 0 Å². The number of nitrogens with zero attached hydrogens (tertiary/aromatic N) is 1. The molecular weight excluding hydrogens is 214 g/mol. The fourth-order valence-electron chi connectivity index (χ4n) is 2.76. The van der Waals surface area contributed by atoms with E-state index in [1.807, 2.05) is 6.07 Å². The highest BCUT2D eigenvalue weighted by Gasteiger charge is 2.34. The molecule has 0 bridgehead atoms. The average Bonchev–Trinajstić information content (AvgIpc) is 2.32. The second-order valence-corrected chi connectivity index (χ2v) is 5.23. The van der Waals surface area contributed by atoms with Crippen LogP contribution >= 0.6 is 0 Å². The van der Waals surface area contributed by atoms with Gasteiger partial charge in [-0.1, -0.05) is 19.8 Å². The fraction of sp³-hybridized carbons (Fsp3) is 0.615. The van der Waals surface area contributed by atoms with Crippen LogP contribution in [-0.2, 0) is 0 Å². The smallest absolute Gasteiger partial charge is 0.0736 e. The summed E-state index contributed by atoms with van der Waals surface area (Å²) < 4.78 is 0. The van der Waals surface area contributed by atoms with Crippen molar-refractivity contribution in [3.8, 4) is 0 Å². The van der Waals surface area contributed by atoms with Crippen LogP contribution in [0.25, 0.3) is 0 Å². The second-order valence-electron chi connectivity index (χ2n) is 5.23. The molecule has 4 N–H and O–H groups in total. The number of pyridine rings is 1. The van der Waals surface area contributed by atoms with E-state index in [1.165, 1.54) is 6.42 Å². The van der Waals surface area contributed by atoms with Gasteiger partial charge in [-0.15, -0.1) is 0 Å². The van der Waals surface area contributed by atoms with E-state index < -0.39 is 0 Å². The summed E-state index contributed by atoms with van der Waals surface area (Å²) in [6, 6.07) is 1.87. The lowest BCUT2D eigenvalue weighted by atomic mass is 9.76. The number of anilines is 2. The lowest BCUT2D eigenvalue weighted by molar-refractivity contribution is 0.149. The van der Waals surface area contributed by atoms with Gasteiger partial charge in [-0.05, 0) is 24.8 Å². The molecule has 1 saturated carbocycles. The normalized spacial score (nSPS) is 28.9. The largest absolute Gasteiger partial charge is 0.396 e. The van der Waals surface area contributed by atoms with E-state index in [4.69, 9.17) is 5.73 Å². The third kappa shape index (κ3) is 2.69. The van der Waals surface area contributed by atoms with Crippen LogP contribution in [0.3, 0.4) is 0 Å². The van der Waals surface area contributed by atoms with Gasteiger partial charge in [-0.3, -0.25) is 4.98 Å². The molecule has 2 rings (SSSR count). The second kappa shape index (κ2) is 4.92. The summed E-state index contributed by atoms with van der Waals surface area (Å²) in [5, 5.41) is 13.1. The van der Waals surface area contributed by atoms with Gasteiger partial charge in [0, 0.05) is 6.20 Å². The summed E-state index contributed by atoms with van der Waals surface area (Å²) in [4.78, 5) is 3.97. The molecule has 1 aromatic heterocycles. The zero-order valence-corrected chi connectivity index (χ0v) is 10.3. The van der Waals surface area contributed by atoms with E-state index in [1.54, 1.807) is 12.4 Å². The minimum atomic E-state index is -0.215. The zero-order valence-electron chi connectivity index (χ0n) is 10.3. The molecule has 1 heterocycles. The topological polar surface area (TPSA) is 71.2 Å². The SMILES string of the molecule is CC1CCCC(CO)(Nc2ccncc2N)C1. The monoisotopic (exact) mass is 235 g/mol. The van der Waals surface area contributed by atoms with Gasteiger partial charge in [0.05, 0.1) is 29.7 Å². The molecule has 0 aliphatic heterocycles. The summed E-state index contributed by atoms with van der Waals surface area (Å²) in [7, 11) is 0. The van der Waals surface area contributed by atoms with Gasteiger partial charge in [0.2, 0.25) is 0 Å². The molecule has 1 aliphatic carbocycles. The molecule has 4 heteroatoms. The lowest BCUT2D eigenvalue weighted by Crippen LogP contribution is -2.46. The highest BCUT2D eigenvalue weighted by Crippen LogP contribution is 2.35. The van der Waals surface area contributed by atoms with E-state index in [2.05, 4.69) is 17.2 Å². The van der Waals surface area contributed by atoms with E-state index in [-0.39, 0.29) is 12.1 Å². The van der Waals surface area contributed by atoms with Crippen molar-refractivity contribution >= 4 is 11.4 Å². The summed E-state index contributed by atoms with van der Waals surface area (Å²) >= 11 is 0. The first-order chi connectivity index (χ1) is 8.15. The number of nitrogens with one attached hydrogen (secondary N) is 1. The van der Waals surface area contributed by atoms with Crippen LogP contribution in [0.2, 0.25) is 0 Å². The van der Waals surface area contributed by atoms with Gasteiger partial charge in [0.15, 0.2) is 0 Å². The Morgan fingerprint density at radius 1 is 1.65 bits per heavy atom. The maximum absolute atomic E-state index is 9.69.